The first kappa shape index (κ1) is 30.6. The normalized spacial score (nSPS) is 11.4. The van der Waals surface area contributed by atoms with E-state index in [-0.39, 0.29) is 0 Å². The molecule has 0 saturated carbocycles. The lowest BCUT2D eigenvalue weighted by Crippen LogP contribution is -2.00. The van der Waals surface area contributed by atoms with Crippen molar-refractivity contribution < 1.29 is 4.42 Å². The third kappa shape index (κ3) is 5.54. The average Bonchev–Trinajstić information content (AvgIpc) is 3.63. The van der Waals surface area contributed by atoms with Crippen LogP contribution in [0.4, 0.5) is 0 Å². The largest absolute Gasteiger partial charge is 0.455 e. The van der Waals surface area contributed by atoms with Crippen LogP contribution in [0.3, 0.4) is 0 Å². The fourth-order valence-electron chi connectivity index (χ4n) is 7.35. The number of aromatic nitrogens is 3. The molecule has 53 heavy (non-hydrogen) atoms. The summed E-state index contributed by atoms with van der Waals surface area (Å²) >= 11 is 0. The number of rotatable bonds is 6. The molecule has 0 saturated heterocycles. The quantitative estimate of drug-likeness (QED) is 0.176. The lowest BCUT2D eigenvalue weighted by molar-refractivity contribution is 0.670. The van der Waals surface area contributed by atoms with Gasteiger partial charge in [-0.1, -0.05) is 170 Å². The maximum atomic E-state index is 6.95. The molecule has 4 nitrogen and oxygen atoms in total. The second-order valence-corrected chi connectivity index (χ2v) is 13.2. The summed E-state index contributed by atoms with van der Waals surface area (Å²) in [5.74, 6) is 1.85. The van der Waals surface area contributed by atoms with Crippen molar-refractivity contribution in [2.24, 2.45) is 0 Å². The topological polar surface area (TPSA) is 51.8 Å². The van der Waals surface area contributed by atoms with Gasteiger partial charge in [0.1, 0.15) is 11.2 Å². The number of furan rings is 1. The van der Waals surface area contributed by atoms with E-state index in [9.17, 15) is 0 Å². The molecule has 0 fully saturated rings. The fourth-order valence-corrected chi connectivity index (χ4v) is 7.35. The monoisotopic (exact) mass is 677 g/mol. The highest BCUT2D eigenvalue weighted by Crippen LogP contribution is 2.44. The lowest BCUT2D eigenvalue weighted by Gasteiger charge is -2.11. The molecule has 2 heterocycles. The SMILES string of the molecule is c1ccc(-c2ccc(-c3cc(-c4nc(-c5ccccc5)nc(-c5ccccc5)n4)cc4c3oc3cc(-c5ccccc5)c5ccccc5c34)cc2)cc1. The van der Waals surface area contributed by atoms with E-state index in [1.807, 2.05) is 66.7 Å². The van der Waals surface area contributed by atoms with Crippen molar-refractivity contribution in [3.63, 3.8) is 0 Å². The Morgan fingerprint density at radius 3 is 1.32 bits per heavy atom. The maximum Gasteiger partial charge on any atom is 0.164 e. The van der Waals surface area contributed by atoms with Crippen molar-refractivity contribution in [1.29, 1.82) is 0 Å². The highest BCUT2D eigenvalue weighted by Gasteiger charge is 2.21. The number of nitrogens with zero attached hydrogens (tertiary/aromatic N) is 3. The van der Waals surface area contributed by atoms with E-state index >= 15 is 0 Å². The number of benzene rings is 8. The standard InChI is InChI=1S/C49H31N3O/c1-5-15-32(16-6-1)33-25-27-35(28-26-33)42-29-38(49-51-47(36-19-9-3-10-20-36)50-48(52-49)37-21-11-4-12-22-37)30-43-45-40-24-14-13-23-39(40)41(31-44(45)53-46(42)43)34-17-7-2-8-18-34/h1-31H. The summed E-state index contributed by atoms with van der Waals surface area (Å²) in [5.41, 5.74) is 11.0. The summed E-state index contributed by atoms with van der Waals surface area (Å²) in [7, 11) is 0. The van der Waals surface area contributed by atoms with Gasteiger partial charge in [-0.25, -0.2) is 15.0 Å². The Hall–Kier alpha value is -7.17. The van der Waals surface area contributed by atoms with Gasteiger partial charge < -0.3 is 4.42 Å². The summed E-state index contributed by atoms with van der Waals surface area (Å²) in [6, 6.07) is 65.1. The molecule has 0 bridgehead atoms. The molecule has 0 amide bonds. The predicted molar refractivity (Wildman–Crippen MR) is 217 cm³/mol. The molecule has 0 radical (unpaired) electrons. The average molecular weight is 678 g/mol. The third-order valence-electron chi connectivity index (χ3n) is 9.92. The first-order valence-corrected chi connectivity index (χ1v) is 17.8. The second kappa shape index (κ2) is 12.9. The van der Waals surface area contributed by atoms with Crippen molar-refractivity contribution in [3.8, 4) is 67.5 Å². The molecular weight excluding hydrogens is 647 g/mol. The van der Waals surface area contributed by atoms with Crippen LogP contribution in [-0.4, -0.2) is 15.0 Å². The Morgan fingerprint density at radius 2 is 0.736 bits per heavy atom. The van der Waals surface area contributed by atoms with E-state index in [0.29, 0.717) is 17.5 Å². The van der Waals surface area contributed by atoms with Crippen molar-refractivity contribution in [2.45, 2.75) is 0 Å². The molecule has 0 spiro atoms. The number of hydrogen-bond acceptors (Lipinski definition) is 4. The van der Waals surface area contributed by atoms with Crippen LogP contribution in [0, 0.1) is 0 Å². The zero-order valence-electron chi connectivity index (χ0n) is 28.6. The van der Waals surface area contributed by atoms with Gasteiger partial charge in [-0.2, -0.15) is 0 Å². The molecule has 10 aromatic rings. The summed E-state index contributed by atoms with van der Waals surface area (Å²) in [6.07, 6.45) is 0. The minimum absolute atomic E-state index is 0.598. The van der Waals surface area contributed by atoms with Crippen LogP contribution < -0.4 is 0 Å². The molecule has 0 N–H and O–H groups in total. The van der Waals surface area contributed by atoms with E-state index in [2.05, 4.69) is 121 Å². The summed E-state index contributed by atoms with van der Waals surface area (Å²) < 4.78 is 6.95. The van der Waals surface area contributed by atoms with Gasteiger partial charge in [-0.15, -0.1) is 0 Å². The highest BCUT2D eigenvalue weighted by molar-refractivity contribution is 6.24. The van der Waals surface area contributed by atoms with Crippen molar-refractivity contribution in [1.82, 2.24) is 15.0 Å². The van der Waals surface area contributed by atoms with E-state index in [1.165, 1.54) is 10.9 Å². The minimum Gasteiger partial charge on any atom is -0.455 e. The molecule has 10 rings (SSSR count). The van der Waals surface area contributed by atoms with Crippen LogP contribution in [0.5, 0.6) is 0 Å². The molecule has 0 aliphatic carbocycles. The van der Waals surface area contributed by atoms with Gasteiger partial charge in [0.25, 0.3) is 0 Å². The highest BCUT2D eigenvalue weighted by atomic mass is 16.3. The Labute approximate surface area is 306 Å². The van der Waals surface area contributed by atoms with Crippen LogP contribution in [-0.2, 0) is 0 Å². The van der Waals surface area contributed by atoms with Crippen molar-refractivity contribution in [2.75, 3.05) is 0 Å². The molecule has 2 aromatic heterocycles. The van der Waals surface area contributed by atoms with E-state index in [4.69, 9.17) is 19.4 Å². The van der Waals surface area contributed by atoms with Crippen molar-refractivity contribution in [3.05, 3.63) is 188 Å². The van der Waals surface area contributed by atoms with E-state index in [1.54, 1.807) is 0 Å². The predicted octanol–water partition coefficient (Wildman–Crippen LogP) is 12.9. The molecular formula is C49H31N3O. The Balaban J connectivity index is 1.26. The molecule has 4 heteroatoms. The molecule has 0 aliphatic heterocycles. The zero-order chi connectivity index (χ0) is 35.1. The van der Waals surface area contributed by atoms with Gasteiger partial charge in [0.15, 0.2) is 17.5 Å². The van der Waals surface area contributed by atoms with E-state index < -0.39 is 0 Å². The molecule has 248 valence electrons. The Kier molecular flexibility index (Phi) is 7.43. The first-order valence-electron chi connectivity index (χ1n) is 17.8. The molecule has 0 aliphatic rings. The zero-order valence-corrected chi connectivity index (χ0v) is 28.6. The van der Waals surface area contributed by atoms with Crippen molar-refractivity contribution >= 4 is 32.7 Å². The lowest BCUT2D eigenvalue weighted by atomic mass is 9.93. The number of hydrogen-bond donors (Lipinski definition) is 0. The van der Waals surface area contributed by atoms with Crippen LogP contribution >= 0.6 is 0 Å². The van der Waals surface area contributed by atoms with Crippen LogP contribution in [0.1, 0.15) is 0 Å². The fraction of sp³-hybridized carbons (Fsp3) is 0. The summed E-state index contributed by atoms with van der Waals surface area (Å²) in [5, 5.41) is 4.39. The maximum absolute atomic E-state index is 6.95. The van der Waals surface area contributed by atoms with Gasteiger partial charge in [0.2, 0.25) is 0 Å². The second-order valence-electron chi connectivity index (χ2n) is 13.2. The molecule has 8 aromatic carbocycles. The first-order chi connectivity index (χ1) is 26.3. The van der Waals surface area contributed by atoms with Gasteiger partial charge in [0, 0.05) is 33.0 Å². The molecule has 0 unspecified atom stereocenters. The van der Waals surface area contributed by atoms with Gasteiger partial charge >= 0.3 is 0 Å². The van der Waals surface area contributed by atoms with Gasteiger partial charge in [-0.05, 0) is 56.8 Å². The van der Waals surface area contributed by atoms with Gasteiger partial charge in [0.05, 0.1) is 0 Å². The van der Waals surface area contributed by atoms with E-state index in [0.717, 1.165) is 71.8 Å². The van der Waals surface area contributed by atoms with Crippen LogP contribution in [0.2, 0.25) is 0 Å². The third-order valence-corrected chi connectivity index (χ3v) is 9.92. The van der Waals surface area contributed by atoms with Crippen LogP contribution in [0.25, 0.3) is 100 Å². The Bertz CT molecular complexity index is 2850. The summed E-state index contributed by atoms with van der Waals surface area (Å²) in [6.45, 7) is 0. The molecule has 0 atom stereocenters. The smallest absolute Gasteiger partial charge is 0.164 e. The Morgan fingerprint density at radius 1 is 0.302 bits per heavy atom. The van der Waals surface area contributed by atoms with Gasteiger partial charge in [-0.3, -0.25) is 0 Å². The van der Waals surface area contributed by atoms with Crippen LogP contribution in [0.15, 0.2) is 192 Å². The minimum atomic E-state index is 0.598. The summed E-state index contributed by atoms with van der Waals surface area (Å²) in [4.78, 5) is 15.2. The number of fused-ring (bicyclic) bond motifs is 5.